The Balaban J connectivity index is 1.21. The number of carbonyl (C=O) groups excluding carboxylic acids is 1. The number of pyridine rings is 1. The Bertz CT molecular complexity index is 1420. The van der Waals surface area contributed by atoms with E-state index >= 15 is 0 Å². The van der Waals surface area contributed by atoms with E-state index in [2.05, 4.69) is 35.1 Å². The Labute approximate surface area is 241 Å². The maximum Gasteiger partial charge on any atom is 0.252 e. The Hall–Kier alpha value is -3.54. The van der Waals surface area contributed by atoms with Crippen LogP contribution in [0, 0.1) is 0 Å². The van der Waals surface area contributed by atoms with Crippen LogP contribution in [0.2, 0.25) is 0 Å². The molecule has 0 aliphatic carbocycles. The summed E-state index contributed by atoms with van der Waals surface area (Å²) in [5.41, 5.74) is 2.08. The highest BCUT2D eigenvalue weighted by Gasteiger charge is 2.23. The van der Waals surface area contributed by atoms with Crippen LogP contribution in [0.25, 0.3) is 10.9 Å². The lowest BCUT2D eigenvalue weighted by atomic mass is 9.99. The van der Waals surface area contributed by atoms with Gasteiger partial charge >= 0.3 is 0 Å². The monoisotopic (exact) mass is 562 g/mol. The zero-order valence-electron chi connectivity index (χ0n) is 24.2. The number of benzene rings is 2. The smallest absolute Gasteiger partial charge is 0.252 e. The SMILES string of the molecule is BN(Cc1ccc2c(c1)OCCO2)C1CCN(CCn2c(=O)cc(C(=O)NCCOC)c3ccc(OC)cc32)CC1. The van der Waals surface area contributed by atoms with Crippen LogP contribution in [-0.2, 0) is 17.8 Å². The fourth-order valence-electron chi connectivity index (χ4n) is 5.70. The van der Waals surface area contributed by atoms with Gasteiger partial charge in [-0.05, 0) is 55.8 Å². The summed E-state index contributed by atoms with van der Waals surface area (Å²) in [6, 6.07) is 13.6. The van der Waals surface area contributed by atoms with Gasteiger partial charge in [0.25, 0.3) is 11.5 Å². The minimum absolute atomic E-state index is 0.198. The third kappa shape index (κ3) is 6.86. The van der Waals surface area contributed by atoms with Crippen molar-refractivity contribution >= 4 is 24.8 Å². The fourth-order valence-corrected chi connectivity index (χ4v) is 5.70. The molecule has 2 aliphatic rings. The Morgan fingerprint density at radius 3 is 2.59 bits per heavy atom. The zero-order valence-corrected chi connectivity index (χ0v) is 24.2. The molecule has 0 unspecified atom stereocenters. The number of nitrogens with zero attached hydrogens (tertiary/aromatic N) is 3. The van der Waals surface area contributed by atoms with Crippen molar-refractivity contribution in [1.29, 1.82) is 0 Å². The molecule has 0 atom stereocenters. The minimum atomic E-state index is -0.288. The van der Waals surface area contributed by atoms with Crippen LogP contribution < -0.4 is 25.1 Å². The zero-order chi connectivity index (χ0) is 28.8. The fraction of sp³-hybridized carbons (Fsp3) is 0.467. The van der Waals surface area contributed by atoms with Crippen molar-refractivity contribution in [3.8, 4) is 17.2 Å². The average molecular weight is 562 g/mol. The van der Waals surface area contributed by atoms with Crippen LogP contribution in [0.4, 0.5) is 0 Å². The van der Waals surface area contributed by atoms with Gasteiger partial charge in [-0.2, -0.15) is 0 Å². The molecule has 1 N–H and O–H groups in total. The van der Waals surface area contributed by atoms with Crippen molar-refractivity contribution in [3.63, 3.8) is 0 Å². The number of nitrogens with one attached hydrogen (secondary N) is 1. The standard InChI is InChI=1S/C30H39BN4O6/c1-38-14-9-32-30(37)25-19-29(36)34(26-18-23(39-2)4-5-24(25)26)13-12-33-10-7-22(8-11-33)35(31)20-21-3-6-27-28(17-21)41-16-15-40-27/h3-6,17-19,22H,7-16,20,31H2,1-2H3,(H,32,37). The first kappa shape index (κ1) is 29.0. The molecule has 0 spiro atoms. The Morgan fingerprint density at radius 2 is 1.83 bits per heavy atom. The summed E-state index contributed by atoms with van der Waals surface area (Å²) in [7, 11) is 5.36. The number of methoxy groups -OCH3 is 2. The van der Waals surface area contributed by atoms with E-state index in [0.29, 0.717) is 55.8 Å². The summed E-state index contributed by atoms with van der Waals surface area (Å²) in [5.74, 6) is 2.01. The molecule has 11 heteroatoms. The predicted octanol–water partition coefficient (Wildman–Crippen LogP) is 1.67. The molecule has 2 aromatic carbocycles. The highest BCUT2D eigenvalue weighted by atomic mass is 16.6. The van der Waals surface area contributed by atoms with Crippen LogP contribution in [0.1, 0.15) is 28.8 Å². The molecule has 1 amide bonds. The van der Waals surface area contributed by atoms with E-state index in [1.807, 2.05) is 24.3 Å². The molecule has 0 saturated carbocycles. The first-order chi connectivity index (χ1) is 20.0. The molecule has 0 radical (unpaired) electrons. The molecule has 5 rings (SSSR count). The van der Waals surface area contributed by atoms with Gasteiger partial charge < -0.3 is 38.5 Å². The van der Waals surface area contributed by atoms with Gasteiger partial charge in [0.2, 0.25) is 0 Å². The van der Waals surface area contributed by atoms with E-state index in [4.69, 9.17) is 18.9 Å². The second-order valence-corrected chi connectivity index (χ2v) is 10.6. The van der Waals surface area contributed by atoms with Gasteiger partial charge in [-0.1, -0.05) is 6.07 Å². The van der Waals surface area contributed by atoms with Crippen LogP contribution in [0.3, 0.4) is 0 Å². The maximum absolute atomic E-state index is 13.2. The number of fused-ring (bicyclic) bond motifs is 2. The molecule has 3 aromatic rings. The van der Waals surface area contributed by atoms with Gasteiger partial charge in [0.15, 0.2) is 19.5 Å². The topological polar surface area (TPSA) is 94.5 Å². The lowest BCUT2D eigenvalue weighted by Crippen LogP contribution is -2.44. The summed E-state index contributed by atoms with van der Waals surface area (Å²) < 4.78 is 23.6. The van der Waals surface area contributed by atoms with Crippen LogP contribution in [0.15, 0.2) is 47.3 Å². The molecular formula is C30H39BN4O6. The number of hydrogen-bond acceptors (Lipinski definition) is 8. The first-order valence-electron chi connectivity index (χ1n) is 14.3. The first-order valence-corrected chi connectivity index (χ1v) is 14.3. The summed E-state index contributed by atoms with van der Waals surface area (Å²) in [5, 5.41) is 3.55. The lowest BCUT2D eigenvalue weighted by molar-refractivity contribution is 0.0938. The van der Waals surface area contributed by atoms with Crippen molar-refractivity contribution in [2.45, 2.75) is 32.0 Å². The second kappa shape index (κ2) is 13.4. The second-order valence-electron chi connectivity index (χ2n) is 10.6. The molecule has 41 heavy (non-hydrogen) atoms. The lowest BCUT2D eigenvalue weighted by Gasteiger charge is -2.37. The maximum atomic E-state index is 13.2. The van der Waals surface area contributed by atoms with Crippen molar-refractivity contribution in [1.82, 2.24) is 19.6 Å². The Morgan fingerprint density at radius 1 is 1.05 bits per heavy atom. The number of amides is 1. The largest absolute Gasteiger partial charge is 0.497 e. The third-order valence-corrected chi connectivity index (χ3v) is 8.01. The molecule has 2 aliphatic heterocycles. The molecule has 1 aromatic heterocycles. The minimum Gasteiger partial charge on any atom is -0.497 e. The van der Waals surface area contributed by atoms with Crippen molar-refractivity contribution in [3.05, 3.63) is 63.9 Å². The predicted molar refractivity (Wildman–Crippen MR) is 160 cm³/mol. The summed E-state index contributed by atoms with van der Waals surface area (Å²) in [6.07, 6.45) is 2.12. The number of aromatic nitrogens is 1. The van der Waals surface area contributed by atoms with Crippen molar-refractivity contribution < 1.29 is 23.7 Å². The van der Waals surface area contributed by atoms with E-state index in [0.717, 1.165) is 55.9 Å². The van der Waals surface area contributed by atoms with Gasteiger partial charge in [0.1, 0.15) is 19.0 Å². The number of hydrogen-bond donors (Lipinski definition) is 1. The summed E-state index contributed by atoms with van der Waals surface area (Å²) >= 11 is 0. The number of likely N-dealkylation sites (tertiary alicyclic amines) is 1. The number of ether oxygens (including phenoxy) is 4. The highest BCUT2D eigenvalue weighted by Crippen LogP contribution is 2.31. The normalized spacial score (nSPS) is 15.8. The average Bonchev–Trinajstić information content (AvgIpc) is 3.00. The molecule has 10 nitrogen and oxygen atoms in total. The molecule has 1 fully saturated rings. The summed E-state index contributed by atoms with van der Waals surface area (Å²) in [6.45, 7) is 6.04. The van der Waals surface area contributed by atoms with E-state index in [-0.39, 0.29) is 11.5 Å². The number of carbonyl (C=O) groups is 1. The molecule has 218 valence electrons. The Kier molecular flexibility index (Phi) is 9.48. The summed E-state index contributed by atoms with van der Waals surface area (Å²) in [4.78, 5) is 30.9. The number of piperidine rings is 1. The van der Waals surface area contributed by atoms with Gasteiger partial charge in [-0.15, -0.1) is 0 Å². The van der Waals surface area contributed by atoms with Gasteiger partial charge in [0.05, 0.1) is 24.8 Å². The van der Waals surface area contributed by atoms with E-state index in [1.165, 1.54) is 11.6 Å². The molecular weight excluding hydrogens is 523 g/mol. The van der Waals surface area contributed by atoms with Crippen molar-refractivity contribution in [2.24, 2.45) is 0 Å². The molecule has 3 heterocycles. The van der Waals surface area contributed by atoms with Crippen LogP contribution >= 0.6 is 0 Å². The molecule has 1 saturated heterocycles. The molecule has 0 bridgehead atoms. The van der Waals surface area contributed by atoms with Gasteiger partial charge in [-0.25, -0.2) is 0 Å². The quantitative estimate of drug-likeness (QED) is 0.279. The van der Waals surface area contributed by atoms with Gasteiger partial charge in [-0.3, -0.25) is 9.59 Å². The van der Waals surface area contributed by atoms with E-state index in [1.54, 1.807) is 18.8 Å². The van der Waals surface area contributed by atoms with E-state index < -0.39 is 0 Å². The van der Waals surface area contributed by atoms with E-state index in [9.17, 15) is 9.59 Å². The van der Waals surface area contributed by atoms with Crippen LogP contribution in [-0.4, -0.2) is 94.4 Å². The third-order valence-electron chi connectivity index (χ3n) is 8.01. The number of rotatable bonds is 11. The van der Waals surface area contributed by atoms with Crippen LogP contribution in [0.5, 0.6) is 17.2 Å². The van der Waals surface area contributed by atoms with Gasteiger partial charge in [0, 0.05) is 56.8 Å². The van der Waals surface area contributed by atoms with Crippen molar-refractivity contribution in [2.75, 3.05) is 60.2 Å². The highest BCUT2D eigenvalue weighted by molar-refractivity contribution is 6.06.